The van der Waals surface area contributed by atoms with Gasteiger partial charge in [0, 0.05) is 17.3 Å². The smallest absolute Gasteiger partial charge is 0.263 e. The molecule has 38 heavy (non-hydrogen) atoms. The minimum absolute atomic E-state index is 0.144. The molecule has 4 aromatic rings. The maximum atomic E-state index is 12.8. The van der Waals surface area contributed by atoms with Crippen LogP contribution in [0.3, 0.4) is 0 Å². The number of hydrogen-bond donors (Lipinski definition) is 2. The van der Waals surface area contributed by atoms with Crippen molar-refractivity contribution in [3.8, 4) is 17.6 Å². The molecule has 0 aliphatic carbocycles. The molecule has 1 unspecified atom stereocenters. The molecule has 1 atom stereocenters. The average Bonchev–Trinajstić information content (AvgIpc) is 2.91. The third-order valence-electron chi connectivity index (χ3n) is 5.75. The highest BCUT2D eigenvalue weighted by atomic mass is 32.2. The second kappa shape index (κ2) is 11.6. The summed E-state index contributed by atoms with van der Waals surface area (Å²) in [6.07, 6.45) is 2.07. The van der Waals surface area contributed by atoms with Crippen molar-refractivity contribution in [2.75, 3.05) is 10.0 Å². The van der Waals surface area contributed by atoms with Crippen LogP contribution in [0.15, 0.2) is 96.0 Å². The van der Waals surface area contributed by atoms with Crippen LogP contribution in [-0.2, 0) is 10.0 Å². The number of nitriles is 1. The van der Waals surface area contributed by atoms with E-state index in [0.29, 0.717) is 29.2 Å². The Hall–Kier alpha value is -4.68. The van der Waals surface area contributed by atoms with E-state index >= 15 is 0 Å². The lowest BCUT2D eigenvalue weighted by Gasteiger charge is -2.11. The van der Waals surface area contributed by atoms with E-state index in [-0.39, 0.29) is 22.5 Å². The number of ether oxygens (including phenoxy) is 1. The highest BCUT2D eigenvalue weighted by Crippen LogP contribution is 2.26. The molecule has 0 bridgehead atoms. The fraction of sp³-hybridized carbons (Fsp3) is 0.138. The quantitative estimate of drug-likeness (QED) is 0.266. The van der Waals surface area contributed by atoms with Crippen molar-refractivity contribution in [1.29, 1.82) is 5.26 Å². The topological polar surface area (TPSA) is 121 Å². The fourth-order valence-electron chi connectivity index (χ4n) is 3.69. The van der Waals surface area contributed by atoms with Gasteiger partial charge in [0.1, 0.15) is 17.3 Å². The van der Waals surface area contributed by atoms with Gasteiger partial charge in [-0.25, -0.2) is 13.4 Å². The van der Waals surface area contributed by atoms with Crippen LogP contribution >= 0.6 is 0 Å². The molecule has 0 spiro atoms. The summed E-state index contributed by atoms with van der Waals surface area (Å²) in [6, 6.07) is 25.8. The molecular weight excluding hydrogens is 500 g/mol. The summed E-state index contributed by atoms with van der Waals surface area (Å²) in [5, 5.41) is 12.2. The number of pyridine rings is 1. The highest BCUT2D eigenvalue weighted by Gasteiger charge is 2.15. The lowest BCUT2D eigenvalue weighted by atomic mass is 9.96. The molecular formula is C29H26N4O4S. The zero-order valence-corrected chi connectivity index (χ0v) is 21.7. The standard InChI is InChI=1S/C29H26N4O4S/c1-3-21(18-30)22-6-4-7-23(16-22)29(34)32-24-8-5-9-25(17-24)37-26-12-15-28(31-19-26)33-38(35,36)27-13-10-20(2)11-14-27/h4-17,19,21H,3H2,1-2H3,(H,31,33)(H,32,34). The lowest BCUT2D eigenvalue weighted by Crippen LogP contribution is -2.13. The second-order valence-corrected chi connectivity index (χ2v) is 10.3. The van der Waals surface area contributed by atoms with E-state index in [0.717, 1.165) is 11.1 Å². The number of amides is 1. The van der Waals surface area contributed by atoms with Crippen LogP contribution in [0, 0.1) is 18.3 Å². The van der Waals surface area contributed by atoms with Crippen molar-refractivity contribution in [1.82, 2.24) is 4.98 Å². The molecule has 0 radical (unpaired) electrons. The van der Waals surface area contributed by atoms with Crippen LogP contribution in [0.1, 0.15) is 40.7 Å². The number of aromatic nitrogens is 1. The number of benzene rings is 3. The highest BCUT2D eigenvalue weighted by molar-refractivity contribution is 7.92. The van der Waals surface area contributed by atoms with Gasteiger partial charge in [0.2, 0.25) is 0 Å². The Morgan fingerprint density at radius 1 is 1.00 bits per heavy atom. The normalized spacial score (nSPS) is 11.7. The maximum Gasteiger partial charge on any atom is 0.263 e. The molecule has 0 fully saturated rings. The molecule has 0 saturated heterocycles. The van der Waals surface area contributed by atoms with Gasteiger partial charge in [0.25, 0.3) is 15.9 Å². The average molecular weight is 527 g/mol. The van der Waals surface area contributed by atoms with Gasteiger partial charge in [0.05, 0.1) is 23.1 Å². The van der Waals surface area contributed by atoms with Gasteiger partial charge in [-0.15, -0.1) is 0 Å². The molecule has 0 aliphatic rings. The van der Waals surface area contributed by atoms with Gasteiger partial charge in [-0.2, -0.15) is 5.26 Å². The molecule has 1 aromatic heterocycles. The maximum absolute atomic E-state index is 12.8. The molecule has 2 N–H and O–H groups in total. The molecule has 1 heterocycles. The number of nitrogens with zero attached hydrogens (tertiary/aromatic N) is 2. The zero-order valence-electron chi connectivity index (χ0n) is 20.9. The van der Waals surface area contributed by atoms with Crippen LogP contribution in [0.25, 0.3) is 0 Å². The van der Waals surface area contributed by atoms with Crippen LogP contribution in [0.2, 0.25) is 0 Å². The van der Waals surface area contributed by atoms with Gasteiger partial charge in [-0.05, 0) is 67.4 Å². The molecule has 4 rings (SSSR count). The van der Waals surface area contributed by atoms with E-state index in [1.165, 1.54) is 24.4 Å². The SMILES string of the molecule is CCC(C#N)c1cccc(C(=O)Nc2cccc(Oc3ccc(NS(=O)(=O)c4ccc(C)cc4)nc3)c2)c1. The summed E-state index contributed by atoms with van der Waals surface area (Å²) < 4.78 is 33.4. The van der Waals surface area contributed by atoms with Crippen molar-refractivity contribution < 1.29 is 17.9 Å². The van der Waals surface area contributed by atoms with E-state index in [1.54, 1.807) is 60.7 Å². The number of carbonyl (C=O) groups excluding carboxylic acids is 1. The number of rotatable bonds is 9. The minimum Gasteiger partial charge on any atom is -0.456 e. The first kappa shape index (κ1) is 26.4. The Kier molecular flexibility index (Phi) is 8.04. The zero-order chi connectivity index (χ0) is 27.1. The first-order valence-electron chi connectivity index (χ1n) is 11.9. The monoisotopic (exact) mass is 526 g/mol. The molecule has 0 saturated carbocycles. The minimum atomic E-state index is -3.76. The van der Waals surface area contributed by atoms with Gasteiger partial charge < -0.3 is 10.1 Å². The fourth-order valence-corrected chi connectivity index (χ4v) is 4.70. The summed E-state index contributed by atoms with van der Waals surface area (Å²) in [7, 11) is -3.76. The van der Waals surface area contributed by atoms with Crippen molar-refractivity contribution in [3.05, 3.63) is 108 Å². The van der Waals surface area contributed by atoms with Crippen molar-refractivity contribution in [2.45, 2.75) is 31.1 Å². The Bertz CT molecular complexity index is 1580. The molecule has 0 aliphatic heterocycles. The second-order valence-electron chi connectivity index (χ2n) is 8.60. The van der Waals surface area contributed by atoms with E-state index in [2.05, 4.69) is 21.1 Å². The summed E-state index contributed by atoms with van der Waals surface area (Å²) in [4.78, 5) is 17.1. The number of sulfonamides is 1. The number of hydrogen-bond acceptors (Lipinski definition) is 6. The van der Waals surface area contributed by atoms with Crippen LogP contribution in [0.5, 0.6) is 11.5 Å². The predicted molar refractivity (Wildman–Crippen MR) is 146 cm³/mol. The molecule has 9 heteroatoms. The van der Waals surface area contributed by atoms with Crippen molar-refractivity contribution in [2.24, 2.45) is 0 Å². The summed E-state index contributed by atoms with van der Waals surface area (Å²) in [5.74, 6) is 0.437. The number of nitrogens with one attached hydrogen (secondary N) is 2. The number of carbonyl (C=O) groups is 1. The van der Waals surface area contributed by atoms with E-state index in [1.807, 2.05) is 19.9 Å². The number of aryl methyl sites for hydroxylation is 1. The van der Waals surface area contributed by atoms with Gasteiger partial charge >= 0.3 is 0 Å². The van der Waals surface area contributed by atoms with E-state index < -0.39 is 10.0 Å². The van der Waals surface area contributed by atoms with Crippen molar-refractivity contribution >= 4 is 27.4 Å². The predicted octanol–water partition coefficient (Wildman–Crippen LogP) is 6.25. The summed E-state index contributed by atoms with van der Waals surface area (Å²) in [5.41, 5.74) is 2.75. The molecule has 3 aromatic carbocycles. The van der Waals surface area contributed by atoms with Crippen molar-refractivity contribution in [3.63, 3.8) is 0 Å². The largest absolute Gasteiger partial charge is 0.456 e. The molecule has 1 amide bonds. The van der Waals surface area contributed by atoms with Gasteiger partial charge in [-0.1, -0.05) is 42.8 Å². The third-order valence-corrected chi connectivity index (χ3v) is 7.12. The summed E-state index contributed by atoms with van der Waals surface area (Å²) >= 11 is 0. The molecule has 8 nitrogen and oxygen atoms in total. The van der Waals surface area contributed by atoms with Crippen LogP contribution in [-0.4, -0.2) is 19.3 Å². The Labute approximate surface area is 222 Å². The first-order chi connectivity index (χ1) is 18.3. The summed E-state index contributed by atoms with van der Waals surface area (Å²) in [6.45, 7) is 3.81. The Morgan fingerprint density at radius 3 is 2.45 bits per heavy atom. The van der Waals surface area contributed by atoms with E-state index in [9.17, 15) is 18.5 Å². The lowest BCUT2D eigenvalue weighted by molar-refractivity contribution is 0.102. The third kappa shape index (κ3) is 6.55. The Morgan fingerprint density at radius 2 is 1.76 bits per heavy atom. The van der Waals surface area contributed by atoms with E-state index in [4.69, 9.17) is 4.74 Å². The van der Waals surface area contributed by atoms with Crippen LogP contribution in [0.4, 0.5) is 11.5 Å². The van der Waals surface area contributed by atoms with Gasteiger partial charge in [-0.3, -0.25) is 9.52 Å². The molecule has 192 valence electrons. The number of anilines is 2. The van der Waals surface area contributed by atoms with Crippen LogP contribution < -0.4 is 14.8 Å². The Balaban J connectivity index is 1.41. The first-order valence-corrected chi connectivity index (χ1v) is 13.4. The van der Waals surface area contributed by atoms with Gasteiger partial charge in [0.15, 0.2) is 0 Å².